The van der Waals surface area contributed by atoms with E-state index in [0.29, 0.717) is 30.0 Å². The van der Waals surface area contributed by atoms with Crippen LogP contribution in [0.2, 0.25) is 0 Å². The molecule has 2 amide bonds. The molecular formula is C27H31N3O4S. The molecule has 0 aliphatic carbocycles. The first-order valence-corrected chi connectivity index (χ1v) is 13.1. The van der Waals surface area contributed by atoms with Crippen molar-refractivity contribution in [2.75, 3.05) is 23.7 Å². The van der Waals surface area contributed by atoms with E-state index in [-0.39, 0.29) is 23.1 Å². The lowest BCUT2D eigenvalue weighted by atomic mass is 10.1. The number of nitrogens with zero attached hydrogens (tertiary/aromatic N) is 1. The van der Waals surface area contributed by atoms with E-state index < -0.39 is 10.0 Å². The Kier molecular flexibility index (Phi) is 9.17. The number of anilines is 2. The second-order valence-corrected chi connectivity index (χ2v) is 10.1. The molecule has 0 fully saturated rings. The normalized spacial score (nSPS) is 11.3. The number of sulfonamides is 1. The third-order valence-corrected chi connectivity index (χ3v) is 7.25. The fourth-order valence-electron chi connectivity index (χ4n) is 3.60. The van der Waals surface area contributed by atoms with Crippen LogP contribution in [0.15, 0.2) is 83.8 Å². The minimum atomic E-state index is -3.57. The first-order valence-electron chi connectivity index (χ1n) is 11.7. The molecule has 0 unspecified atom stereocenters. The highest BCUT2D eigenvalue weighted by Gasteiger charge is 2.23. The van der Waals surface area contributed by atoms with Gasteiger partial charge in [0.1, 0.15) is 0 Å². The highest BCUT2D eigenvalue weighted by Crippen LogP contribution is 2.20. The van der Waals surface area contributed by atoms with Crippen LogP contribution in [0.3, 0.4) is 0 Å². The van der Waals surface area contributed by atoms with Crippen LogP contribution < -0.4 is 10.6 Å². The van der Waals surface area contributed by atoms with Gasteiger partial charge in [0.25, 0.3) is 5.91 Å². The maximum absolute atomic E-state index is 12.9. The Balaban J connectivity index is 1.60. The SMILES string of the molecule is CCCN(CCC)S(=O)(=O)c1ccc(NC(=O)c2ccc(NC(=O)Cc3ccccc3)cc2)cc1. The monoisotopic (exact) mass is 493 g/mol. The Morgan fingerprint density at radius 3 is 1.86 bits per heavy atom. The molecular weight excluding hydrogens is 462 g/mol. The van der Waals surface area contributed by atoms with Crippen molar-refractivity contribution in [2.24, 2.45) is 0 Å². The van der Waals surface area contributed by atoms with E-state index in [9.17, 15) is 18.0 Å². The summed E-state index contributed by atoms with van der Waals surface area (Å²) >= 11 is 0. The lowest BCUT2D eigenvalue weighted by Gasteiger charge is -2.21. The van der Waals surface area contributed by atoms with Crippen LogP contribution in [0.25, 0.3) is 0 Å². The average molecular weight is 494 g/mol. The molecule has 184 valence electrons. The van der Waals surface area contributed by atoms with Crippen molar-refractivity contribution in [1.82, 2.24) is 4.31 Å². The molecule has 0 spiro atoms. The molecule has 3 aromatic carbocycles. The quantitative estimate of drug-likeness (QED) is 0.396. The van der Waals surface area contributed by atoms with E-state index in [1.54, 1.807) is 36.4 Å². The Hall–Kier alpha value is -3.49. The molecule has 0 saturated heterocycles. The summed E-state index contributed by atoms with van der Waals surface area (Å²) in [4.78, 5) is 25.0. The summed E-state index contributed by atoms with van der Waals surface area (Å²) in [5.74, 6) is -0.471. The van der Waals surface area contributed by atoms with Crippen LogP contribution in [-0.4, -0.2) is 37.6 Å². The summed E-state index contributed by atoms with van der Waals surface area (Å²) in [6.45, 7) is 4.83. The van der Waals surface area contributed by atoms with E-state index in [0.717, 1.165) is 18.4 Å². The van der Waals surface area contributed by atoms with Gasteiger partial charge in [-0.1, -0.05) is 44.2 Å². The van der Waals surface area contributed by atoms with Gasteiger partial charge in [-0.2, -0.15) is 4.31 Å². The van der Waals surface area contributed by atoms with Crippen molar-refractivity contribution in [3.8, 4) is 0 Å². The maximum Gasteiger partial charge on any atom is 0.255 e. The van der Waals surface area contributed by atoms with E-state index in [2.05, 4.69) is 10.6 Å². The Morgan fingerprint density at radius 2 is 1.29 bits per heavy atom. The van der Waals surface area contributed by atoms with E-state index >= 15 is 0 Å². The van der Waals surface area contributed by atoms with Crippen LogP contribution in [0, 0.1) is 0 Å². The number of carbonyl (C=O) groups is 2. The van der Waals surface area contributed by atoms with Crippen molar-refractivity contribution < 1.29 is 18.0 Å². The standard InChI is InChI=1S/C27H31N3O4S/c1-3-18-30(19-4-2)35(33,34)25-16-14-24(15-17-25)29-27(32)22-10-12-23(13-11-22)28-26(31)20-21-8-6-5-7-9-21/h5-17H,3-4,18-20H2,1-2H3,(H,28,31)(H,29,32). The second-order valence-electron chi connectivity index (χ2n) is 8.17. The number of carbonyl (C=O) groups excluding carboxylic acids is 2. The lowest BCUT2D eigenvalue weighted by molar-refractivity contribution is -0.115. The molecule has 0 radical (unpaired) electrons. The van der Waals surface area contributed by atoms with E-state index in [4.69, 9.17) is 0 Å². The summed E-state index contributed by atoms with van der Waals surface area (Å²) in [7, 11) is -3.57. The lowest BCUT2D eigenvalue weighted by Crippen LogP contribution is -2.32. The van der Waals surface area contributed by atoms with Gasteiger partial charge in [0.05, 0.1) is 11.3 Å². The van der Waals surface area contributed by atoms with E-state index in [1.165, 1.54) is 16.4 Å². The zero-order valence-corrected chi connectivity index (χ0v) is 20.8. The van der Waals surface area contributed by atoms with Crippen molar-refractivity contribution >= 4 is 33.2 Å². The average Bonchev–Trinajstić information content (AvgIpc) is 2.85. The van der Waals surface area contributed by atoms with Gasteiger partial charge in [-0.15, -0.1) is 0 Å². The highest BCUT2D eigenvalue weighted by molar-refractivity contribution is 7.89. The predicted molar refractivity (Wildman–Crippen MR) is 139 cm³/mol. The zero-order chi connectivity index (χ0) is 25.3. The van der Waals surface area contributed by atoms with Crippen LogP contribution in [0.5, 0.6) is 0 Å². The van der Waals surface area contributed by atoms with Crippen LogP contribution in [0.1, 0.15) is 42.6 Å². The zero-order valence-electron chi connectivity index (χ0n) is 20.0. The molecule has 0 atom stereocenters. The van der Waals surface area contributed by atoms with Crippen LogP contribution >= 0.6 is 0 Å². The third-order valence-electron chi connectivity index (χ3n) is 5.33. The molecule has 3 aromatic rings. The first-order chi connectivity index (χ1) is 16.8. The minimum absolute atomic E-state index is 0.139. The molecule has 2 N–H and O–H groups in total. The Labute approximate surface area is 207 Å². The van der Waals surface area contributed by atoms with Crippen LogP contribution in [0.4, 0.5) is 11.4 Å². The van der Waals surface area contributed by atoms with Crippen molar-refractivity contribution in [3.63, 3.8) is 0 Å². The Bertz CT molecular complexity index is 1220. The molecule has 8 heteroatoms. The maximum atomic E-state index is 12.9. The number of nitrogens with one attached hydrogen (secondary N) is 2. The smallest absolute Gasteiger partial charge is 0.255 e. The van der Waals surface area contributed by atoms with Crippen molar-refractivity contribution in [3.05, 3.63) is 90.0 Å². The summed E-state index contributed by atoms with van der Waals surface area (Å²) in [5, 5.41) is 5.60. The highest BCUT2D eigenvalue weighted by atomic mass is 32.2. The molecule has 0 aromatic heterocycles. The number of hydrogen-bond donors (Lipinski definition) is 2. The summed E-state index contributed by atoms with van der Waals surface area (Å²) < 4.78 is 27.3. The molecule has 0 bridgehead atoms. The van der Waals surface area contributed by atoms with Gasteiger partial charge in [0.2, 0.25) is 15.9 Å². The summed E-state index contributed by atoms with van der Waals surface area (Å²) in [5.41, 5.74) is 2.43. The van der Waals surface area contributed by atoms with Gasteiger partial charge in [-0.05, 0) is 66.9 Å². The second kappa shape index (κ2) is 12.3. The number of benzene rings is 3. The molecule has 7 nitrogen and oxygen atoms in total. The minimum Gasteiger partial charge on any atom is -0.326 e. The molecule has 0 heterocycles. The third kappa shape index (κ3) is 7.24. The summed E-state index contributed by atoms with van der Waals surface area (Å²) in [6.07, 6.45) is 1.75. The molecule has 3 rings (SSSR count). The van der Waals surface area contributed by atoms with Gasteiger partial charge in [-0.3, -0.25) is 9.59 Å². The molecule has 35 heavy (non-hydrogen) atoms. The fourth-order valence-corrected chi connectivity index (χ4v) is 5.23. The number of hydrogen-bond acceptors (Lipinski definition) is 4. The van der Waals surface area contributed by atoms with Gasteiger partial charge in [0.15, 0.2) is 0 Å². The topological polar surface area (TPSA) is 95.6 Å². The Morgan fingerprint density at radius 1 is 0.743 bits per heavy atom. The molecule has 0 aliphatic rings. The largest absolute Gasteiger partial charge is 0.326 e. The molecule has 0 saturated carbocycles. The number of amides is 2. The van der Waals surface area contributed by atoms with Gasteiger partial charge in [0, 0.05) is 30.0 Å². The number of rotatable bonds is 11. The predicted octanol–water partition coefficient (Wildman–Crippen LogP) is 4.93. The molecule has 0 aliphatic heterocycles. The van der Waals surface area contributed by atoms with Crippen LogP contribution in [-0.2, 0) is 21.2 Å². The van der Waals surface area contributed by atoms with Gasteiger partial charge >= 0.3 is 0 Å². The first kappa shape index (κ1) is 26.1. The van der Waals surface area contributed by atoms with Gasteiger partial charge in [-0.25, -0.2) is 8.42 Å². The van der Waals surface area contributed by atoms with Gasteiger partial charge < -0.3 is 10.6 Å². The van der Waals surface area contributed by atoms with E-state index in [1.807, 2.05) is 44.2 Å². The summed E-state index contributed by atoms with van der Waals surface area (Å²) in [6, 6.07) is 22.2. The van der Waals surface area contributed by atoms with Crippen molar-refractivity contribution in [2.45, 2.75) is 38.0 Å². The van der Waals surface area contributed by atoms with Crippen molar-refractivity contribution in [1.29, 1.82) is 0 Å². The fraction of sp³-hybridized carbons (Fsp3) is 0.259.